The number of alkyl halides is 3. The second kappa shape index (κ2) is 9.82. The van der Waals surface area contributed by atoms with Crippen LogP contribution in [-0.4, -0.2) is 47.2 Å². The lowest BCUT2D eigenvalue weighted by molar-refractivity contribution is -0.181. The van der Waals surface area contributed by atoms with E-state index in [0.29, 0.717) is 17.0 Å². The van der Waals surface area contributed by atoms with Gasteiger partial charge in [0.05, 0.1) is 36.9 Å². The van der Waals surface area contributed by atoms with E-state index >= 15 is 0 Å². The van der Waals surface area contributed by atoms with Gasteiger partial charge in [-0.2, -0.15) is 13.2 Å². The van der Waals surface area contributed by atoms with Crippen molar-refractivity contribution in [1.82, 2.24) is 0 Å². The van der Waals surface area contributed by atoms with Crippen LogP contribution in [0, 0.1) is 11.3 Å². The number of esters is 2. The monoisotopic (exact) mass is 605 g/mol. The molecule has 1 aliphatic carbocycles. The molecular weight excluding hydrogens is 583 g/mol. The minimum Gasteiger partial charge on any atom is -0.486 e. The lowest BCUT2D eigenvalue weighted by atomic mass is 9.60. The number of methoxy groups -OCH3 is 2. The van der Waals surface area contributed by atoms with E-state index in [-0.39, 0.29) is 36.7 Å². The van der Waals surface area contributed by atoms with Gasteiger partial charge < -0.3 is 14.2 Å². The van der Waals surface area contributed by atoms with Crippen molar-refractivity contribution in [3.05, 3.63) is 52.5 Å². The summed E-state index contributed by atoms with van der Waals surface area (Å²) in [6.45, 7) is -0.179. The molecule has 0 spiro atoms. The van der Waals surface area contributed by atoms with E-state index in [4.69, 9.17) is 14.2 Å². The van der Waals surface area contributed by atoms with Crippen molar-refractivity contribution in [3.8, 4) is 5.75 Å². The molecule has 1 fully saturated rings. The van der Waals surface area contributed by atoms with E-state index in [9.17, 15) is 31.2 Å². The number of ether oxygens (including phenoxy) is 3. The summed E-state index contributed by atoms with van der Waals surface area (Å²) in [5.41, 5.74) is -2.32. The number of fused-ring (bicyclic) bond motifs is 1. The van der Waals surface area contributed by atoms with Gasteiger partial charge in [-0.25, -0.2) is 8.42 Å². The molecule has 13 heteroatoms. The van der Waals surface area contributed by atoms with Gasteiger partial charge in [-0.1, -0.05) is 22.0 Å². The predicted molar refractivity (Wildman–Crippen MR) is 128 cm³/mol. The number of benzene rings is 2. The predicted octanol–water partition coefficient (Wildman–Crippen LogP) is 4.56. The molecule has 37 heavy (non-hydrogen) atoms. The number of sulfonamides is 1. The first kappa shape index (κ1) is 27.2. The molecule has 4 rings (SSSR count). The van der Waals surface area contributed by atoms with E-state index in [2.05, 4.69) is 15.9 Å². The van der Waals surface area contributed by atoms with Gasteiger partial charge in [0.15, 0.2) is 5.41 Å². The molecule has 0 bridgehead atoms. The molecule has 0 aromatic heterocycles. The summed E-state index contributed by atoms with van der Waals surface area (Å²) in [6, 6.07) is 8.29. The van der Waals surface area contributed by atoms with Gasteiger partial charge in [0.25, 0.3) is 10.0 Å². The quantitative estimate of drug-likeness (QED) is 0.352. The number of anilines is 1. The summed E-state index contributed by atoms with van der Waals surface area (Å²) >= 11 is 3.29. The van der Waals surface area contributed by atoms with Crippen LogP contribution in [0.4, 0.5) is 18.9 Å². The molecule has 1 aliphatic heterocycles. The number of rotatable bonds is 6. The summed E-state index contributed by atoms with van der Waals surface area (Å²) < 4.78 is 84.1. The summed E-state index contributed by atoms with van der Waals surface area (Å²) in [5.74, 6) is -1.35. The van der Waals surface area contributed by atoms with Gasteiger partial charge in [-0.05, 0) is 61.6 Å². The zero-order chi connectivity index (χ0) is 27.2. The molecule has 1 saturated carbocycles. The minimum atomic E-state index is -4.71. The Morgan fingerprint density at radius 3 is 2.35 bits per heavy atom. The van der Waals surface area contributed by atoms with Gasteiger partial charge in [-0.3, -0.25) is 13.9 Å². The van der Waals surface area contributed by atoms with Crippen LogP contribution < -0.4 is 9.04 Å². The summed E-state index contributed by atoms with van der Waals surface area (Å²) in [4.78, 5) is 24.0. The zero-order valence-corrected chi connectivity index (χ0v) is 22.2. The van der Waals surface area contributed by atoms with Crippen LogP contribution in [0.15, 0.2) is 51.8 Å². The van der Waals surface area contributed by atoms with Crippen LogP contribution in [-0.2, 0) is 35.3 Å². The SMILES string of the molecule is COC(=O)C1(C(=O)OC)CC(C[C@H]2CN(S(=O)(=O)c3cccc(C(F)(F)F)c3)c3cc(Br)ccc3O2)C1. The number of hydrogen-bond donors (Lipinski definition) is 0. The van der Waals surface area contributed by atoms with E-state index in [1.165, 1.54) is 20.3 Å². The van der Waals surface area contributed by atoms with E-state index in [1.54, 1.807) is 12.1 Å². The molecule has 0 N–H and O–H groups in total. The van der Waals surface area contributed by atoms with Crippen LogP contribution in [0.25, 0.3) is 0 Å². The highest BCUT2D eigenvalue weighted by molar-refractivity contribution is 9.10. The number of nitrogens with zero attached hydrogens (tertiary/aromatic N) is 1. The molecule has 0 saturated heterocycles. The van der Waals surface area contributed by atoms with Crippen LogP contribution in [0.1, 0.15) is 24.8 Å². The first-order valence-corrected chi connectivity index (χ1v) is 13.4. The molecule has 1 atom stereocenters. The lowest BCUT2D eigenvalue weighted by Crippen LogP contribution is -2.53. The van der Waals surface area contributed by atoms with Gasteiger partial charge in [0.2, 0.25) is 0 Å². The molecule has 2 aromatic rings. The summed E-state index contributed by atoms with van der Waals surface area (Å²) in [5, 5.41) is 0. The first-order chi connectivity index (χ1) is 17.3. The maximum absolute atomic E-state index is 13.6. The second-order valence-corrected chi connectivity index (χ2v) is 11.8. The first-order valence-electron chi connectivity index (χ1n) is 11.1. The zero-order valence-electron chi connectivity index (χ0n) is 19.7. The average molecular weight is 606 g/mol. The maximum atomic E-state index is 13.6. The van der Waals surface area contributed by atoms with Crippen molar-refractivity contribution in [2.75, 3.05) is 25.1 Å². The fraction of sp³-hybridized carbons (Fsp3) is 0.417. The Morgan fingerprint density at radius 1 is 1.11 bits per heavy atom. The van der Waals surface area contributed by atoms with E-state index in [1.807, 2.05) is 0 Å². The second-order valence-electron chi connectivity index (χ2n) is 8.99. The van der Waals surface area contributed by atoms with Crippen molar-refractivity contribution in [1.29, 1.82) is 0 Å². The molecule has 0 amide bonds. The molecule has 2 aliphatic rings. The van der Waals surface area contributed by atoms with Crippen molar-refractivity contribution < 1.29 is 45.4 Å². The van der Waals surface area contributed by atoms with Crippen molar-refractivity contribution >= 4 is 43.6 Å². The van der Waals surface area contributed by atoms with Gasteiger partial charge in [0, 0.05) is 4.47 Å². The molecule has 0 unspecified atom stereocenters. The van der Waals surface area contributed by atoms with Gasteiger partial charge in [0.1, 0.15) is 11.9 Å². The highest BCUT2D eigenvalue weighted by atomic mass is 79.9. The van der Waals surface area contributed by atoms with Crippen molar-refractivity contribution in [2.45, 2.75) is 36.4 Å². The molecule has 8 nitrogen and oxygen atoms in total. The fourth-order valence-corrected chi connectivity index (χ4v) is 6.76. The Bertz CT molecular complexity index is 1310. The number of carbonyl (C=O) groups is 2. The average Bonchev–Trinajstić information content (AvgIpc) is 2.84. The van der Waals surface area contributed by atoms with Gasteiger partial charge in [-0.15, -0.1) is 0 Å². The number of hydrogen-bond acceptors (Lipinski definition) is 7. The van der Waals surface area contributed by atoms with E-state index in [0.717, 1.165) is 22.5 Å². The maximum Gasteiger partial charge on any atom is 0.416 e. The Labute approximate surface area is 219 Å². The third-order valence-electron chi connectivity index (χ3n) is 6.62. The highest BCUT2D eigenvalue weighted by Gasteiger charge is 2.58. The van der Waals surface area contributed by atoms with Gasteiger partial charge >= 0.3 is 18.1 Å². The number of halogens is 4. The van der Waals surface area contributed by atoms with Crippen molar-refractivity contribution in [2.24, 2.45) is 11.3 Å². The van der Waals surface area contributed by atoms with Crippen LogP contribution in [0.5, 0.6) is 5.75 Å². The molecule has 0 radical (unpaired) electrons. The summed E-state index contributed by atoms with van der Waals surface area (Å²) in [7, 11) is -2.05. The highest BCUT2D eigenvalue weighted by Crippen LogP contribution is 2.50. The third-order valence-corrected chi connectivity index (χ3v) is 8.89. The largest absolute Gasteiger partial charge is 0.486 e. The Hall–Kier alpha value is -2.80. The third kappa shape index (κ3) is 5.02. The summed E-state index contributed by atoms with van der Waals surface area (Å²) in [6.07, 6.45) is -4.83. The van der Waals surface area contributed by atoms with Crippen LogP contribution in [0.3, 0.4) is 0 Å². The lowest BCUT2D eigenvalue weighted by Gasteiger charge is -2.45. The minimum absolute atomic E-state index is 0.139. The Morgan fingerprint density at radius 2 is 1.76 bits per heavy atom. The topological polar surface area (TPSA) is 99.2 Å². The van der Waals surface area contributed by atoms with Crippen LogP contribution in [0.2, 0.25) is 0 Å². The van der Waals surface area contributed by atoms with E-state index < -0.39 is 50.1 Å². The Balaban J connectivity index is 1.62. The molecule has 1 heterocycles. The van der Waals surface area contributed by atoms with Crippen molar-refractivity contribution in [3.63, 3.8) is 0 Å². The molecular formula is C24H23BrF3NO7S. The smallest absolute Gasteiger partial charge is 0.416 e. The normalized spacial score (nSPS) is 19.3. The fourth-order valence-electron chi connectivity index (χ4n) is 4.87. The molecule has 2 aromatic carbocycles. The standard InChI is InChI=1S/C24H23BrF3NO7S/c1-34-21(30)23(22(31)35-2)11-14(12-23)8-17-13-29(19-10-16(25)6-7-20(19)36-17)37(32,33)18-5-3-4-15(9-18)24(26,27)28/h3-7,9-10,14,17H,8,11-13H2,1-2H3/t17-/m0/s1. The van der Waals surface area contributed by atoms with Crippen LogP contribution >= 0.6 is 15.9 Å². The Kier molecular flexibility index (Phi) is 7.23. The number of carbonyl (C=O) groups excluding carboxylic acids is 2. The molecule has 200 valence electrons.